The third kappa shape index (κ3) is 1.89. The molecule has 2 heterocycles. The first-order valence-electron chi connectivity index (χ1n) is 7.33. The van der Waals surface area contributed by atoms with Crippen LogP contribution in [0.25, 0.3) is 0 Å². The Morgan fingerprint density at radius 1 is 1.41 bits per heavy atom. The number of amides is 2. The van der Waals surface area contributed by atoms with Gasteiger partial charge in [0, 0.05) is 30.3 Å². The summed E-state index contributed by atoms with van der Waals surface area (Å²) in [4.78, 5) is 27.4. The smallest absolute Gasteiger partial charge is 0.268 e. The Kier molecular flexibility index (Phi) is 3.29. The molecule has 0 aliphatic carbocycles. The highest BCUT2D eigenvalue weighted by Crippen LogP contribution is 2.59. The highest BCUT2D eigenvalue weighted by molar-refractivity contribution is 8.02. The largest absolute Gasteiger partial charge is 0.315 e. The molecular weight excluding hydrogens is 303 g/mol. The van der Waals surface area contributed by atoms with Gasteiger partial charge in [0.2, 0.25) is 5.91 Å². The lowest BCUT2D eigenvalue weighted by Crippen LogP contribution is -2.49. The first-order chi connectivity index (χ1) is 10.2. The first-order valence-corrected chi connectivity index (χ1v) is 8.15. The molecule has 1 aromatic rings. The van der Waals surface area contributed by atoms with Crippen molar-refractivity contribution in [3.05, 3.63) is 29.6 Å². The second-order valence-corrected chi connectivity index (χ2v) is 8.22. The fourth-order valence-electron chi connectivity index (χ4n) is 3.41. The van der Waals surface area contributed by atoms with E-state index in [1.54, 1.807) is 15.9 Å². The van der Waals surface area contributed by atoms with Crippen LogP contribution in [0.15, 0.2) is 18.2 Å². The van der Waals surface area contributed by atoms with E-state index in [4.69, 9.17) is 0 Å². The second-order valence-electron chi connectivity index (χ2n) is 6.32. The van der Waals surface area contributed by atoms with Crippen molar-refractivity contribution in [3.8, 4) is 0 Å². The number of hydrogen-bond donors (Lipinski definition) is 0. The van der Waals surface area contributed by atoms with E-state index in [9.17, 15) is 14.0 Å². The van der Waals surface area contributed by atoms with Crippen LogP contribution in [0.3, 0.4) is 0 Å². The average molecular weight is 322 g/mol. The maximum atomic E-state index is 13.8. The third-order valence-corrected chi connectivity index (χ3v) is 5.78. The molecule has 0 aromatic heterocycles. The summed E-state index contributed by atoms with van der Waals surface area (Å²) in [6.45, 7) is 8.31. The molecule has 0 radical (unpaired) electrons. The molecule has 1 atom stereocenters. The predicted molar refractivity (Wildman–Crippen MR) is 85.2 cm³/mol. The number of thioether (sulfide) groups is 1. The summed E-state index contributed by atoms with van der Waals surface area (Å²) in [6, 6.07) is 4.38. The maximum absolute atomic E-state index is 13.8. The van der Waals surface area contributed by atoms with E-state index in [1.165, 1.54) is 30.8 Å². The summed E-state index contributed by atoms with van der Waals surface area (Å²) in [6.07, 6.45) is 0. The minimum Gasteiger partial charge on any atom is -0.315 e. The van der Waals surface area contributed by atoms with Crippen molar-refractivity contribution in [1.29, 1.82) is 0 Å². The van der Waals surface area contributed by atoms with E-state index < -0.39 is 10.7 Å². The number of fused-ring (bicyclic) bond motifs is 2. The van der Waals surface area contributed by atoms with E-state index in [1.807, 2.05) is 20.8 Å². The molecule has 2 aliphatic rings. The Morgan fingerprint density at radius 2 is 2.09 bits per heavy atom. The van der Waals surface area contributed by atoms with Gasteiger partial charge in [-0.15, -0.1) is 11.8 Å². The highest BCUT2D eigenvalue weighted by Gasteiger charge is 2.63. The number of halogens is 1. The number of rotatable bonds is 1. The van der Waals surface area contributed by atoms with E-state index in [0.717, 1.165) is 0 Å². The SMILES string of the molecule is CCN1C(=O)C2(SC(C)(C)CN2C(C)=O)c2cc(F)ccc21. The zero-order chi connectivity index (χ0) is 16.3. The van der Waals surface area contributed by atoms with Crippen molar-refractivity contribution >= 4 is 29.3 Å². The summed E-state index contributed by atoms with van der Waals surface area (Å²) < 4.78 is 13.6. The Hall–Kier alpha value is -1.56. The van der Waals surface area contributed by atoms with Crippen LogP contribution >= 0.6 is 11.8 Å². The van der Waals surface area contributed by atoms with Crippen molar-refractivity contribution in [2.75, 3.05) is 18.0 Å². The van der Waals surface area contributed by atoms with Crippen molar-refractivity contribution in [1.82, 2.24) is 4.90 Å². The number of carbonyl (C=O) groups is 2. The molecule has 1 fully saturated rings. The van der Waals surface area contributed by atoms with Gasteiger partial charge in [0.1, 0.15) is 5.82 Å². The van der Waals surface area contributed by atoms with Crippen molar-refractivity contribution < 1.29 is 14.0 Å². The Morgan fingerprint density at radius 3 is 2.68 bits per heavy atom. The van der Waals surface area contributed by atoms with Gasteiger partial charge in [-0.1, -0.05) is 0 Å². The minimum absolute atomic E-state index is 0.152. The van der Waals surface area contributed by atoms with Gasteiger partial charge in [0.15, 0.2) is 4.87 Å². The summed E-state index contributed by atoms with van der Waals surface area (Å²) in [5.41, 5.74) is 1.29. The number of likely N-dealkylation sites (N-methyl/N-ethyl adjacent to an activating group) is 1. The lowest BCUT2D eigenvalue weighted by molar-refractivity contribution is -0.138. The molecule has 0 bridgehead atoms. The molecule has 4 nitrogen and oxygen atoms in total. The van der Waals surface area contributed by atoms with Gasteiger partial charge in [-0.2, -0.15) is 0 Å². The van der Waals surface area contributed by atoms with Crippen molar-refractivity contribution in [2.45, 2.75) is 37.3 Å². The highest BCUT2D eigenvalue weighted by atomic mass is 32.2. The monoisotopic (exact) mass is 322 g/mol. The number of benzene rings is 1. The lowest BCUT2D eigenvalue weighted by Gasteiger charge is -2.32. The molecule has 2 aliphatic heterocycles. The Labute approximate surface area is 133 Å². The molecule has 1 unspecified atom stereocenters. The van der Waals surface area contributed by atoms with E-state index >= 15 is 0 Å². The zero-order valence-corrected chi connectivity index (χ0v) is 14.0. The van der Waals surface area contributed by atoms with E-state index in [2.05, 4.69) is 0 Å². The van der Waals surface area contributed by atoms with Gasteiger partial charge in [-0.25, -0.2) is 4.39 Å². The predicted octanol–water partition coefficient (Wildman–Crippen LogP) is 2.72. The summed E-state index contributed by atoms with van der Waals surface area (Å²) in [5, 5.41) is 0. The van der Waals surface area contributed by atoms with E-state index in [-0.39, 0.29) is 16.6 Å². The van der Waals surface area contributed by atoms with Gasteiger partial charge >= 0.3 is 0 Å². The standard InChI is InChI=1S/C16H19FN2O2S/c1-5-18-13-7-6-11(17)8-12(13)16(14(18)21)19(10(2)20)9-15(3,4)22-16/h6-8H,5,9H2,1-4H3. The molecule has 118 valence electrons. The van der Waals surface area contributed by atoms with Gasteiger partial charge in [0.05, 0.1) is 5.69 Å². The molecule has 3 rings (SSSR count). The van der Waals surface area contributed by atoms with Gasteiger partial charge in [-0.3, -0.25) is 9.59 Å². The summed E-state index contributed by atoms with van der Waals surface area (Å²) >= 11 is 1.44. The van der Waals surface area contributed by atoms with Gasteiger partial charge < -0.3 is 9.80 Å². The summed E-state index contributed by atoms with van der Waals surface area (Å²) in [5.74, 6) is -0.710. The van der Waals surface area contributed by atoms with Crippen LogP contribution in [-0.4, -0.2) is 34.6 Å². The topological polar surface area (TPSA) is 40.6 Å². The summed E-state index contributed by atoms with van der Waals surface area (Å²) in [7, 11) is 0. The van der Waals surface area contributed by atoms with Crippen LogP contribution < -0.4 is 4.90 Å². The fourth-order valence-corrected chi connectivity index (χ4v) is 5.18. The van der Waals surface area contributed by atoms with Crippen molar-refractivity contribution in [2.24, 2.45) is 0 Å². The Balaban J connectivity index is 2.27. The maximum Gasteiger partial charge on any atom is 0.268 e. The second kappa shape index (κ2) is 4.72. The lowest BCUT2D eigenvalue weighted by atomic mass is 10.0. The molecule has 1 aromatic carbocycles. The van der Waals surface area contributed by atoms with Crippen LogP contribution in [0.2, 0.25) is 0 Å². The zero-order valence-electron chi connectivity index (χ0n) is 13.1. The van der Waals surface area contributed by atoms with Crippen LogP contribution in [-0.2, 0) is 14.5 Å². The number of nitrogens with zero attached hydrogens (tertiary/aromatic N) is 2. The number of carbonyl (C=O) groups excluding carboxylic acids is 2. The molecule has 0 N–H and O–H groups in total. The minimum atomic E-state index is -1.14. The van der Waals surface area contributed by atoms with Crippen LogP contribution in [0.5, 0.6) is 0 Å². The molecule has 1 saturated heterocycles. The van der Waals surface area contributed by atoms with Gasteiger partial charge in [0.25, 0.3) is 5.91 Å². The average Bonchev–Trinajstić information content (AvgIpc) is 2.84. The molecule has 6 heteroatoms. The Bertz CT molecular complexity index is 676. The van der Waals surface area contributed by atoms with Crippen LogP contribution in [0.1, 0.15) is 33.3 Å². The first kappa shape index (κ1) is 15.3. The van der Waals surface area contributed by atoms with E-state index in [0.29, 0.717) is 24.3 Å². The fraction of sp³-hybridized carbons (Fsp3) is 0.500. The quantitative estimate of drug-likeness (QED) is 0.798. The van der Waals surface area contributed by atoms with Crippen LogP contribution in [0.4, 0.5) is 10.1 Å². The normalized spacial score (nSPS) is 26.0. The molecule has 2 amide bonds. The third-order valence-electron chi connectivity index (χ3n) is 4.19. The number of hydrogen-bond acceptors (Lipinski definition) is 3. The number of anilines is 1. The van der Waals surface area contributed by atoms with Crippen molar-refractivity contribution in [3.63, 3.8) is 0 Å². The molecule has 0 saturated carbocycles. The molecule has 22 heavy (non-hydrogen) atoms. The van der Waals surface area contributed by atoms with Gasteiger partial charge in [-0.05, 0) is 39.0 Å². The van der Waals surface area contributed by atoms with Crippen LogP contribution in [0, 0.1) is 5.82 Å². The molecule has 1 spiro atoms. The molecular formula is C16H19FN2O2S.